The Morgan fingerprint density at radius 1 is 1.20 bits per heavy atom. The number of benzene rings is 2. The van der Waals surface area contributed by atoms with Gasteiger partial charge in [-0.3, -0.25) is 0 Å². The molecule has 2 rings (SSSR count). The zero-order valence-corrected chi connectivity index (χ0v) is 13.6. The maximum absolute atomic E-state index is 11.2. The van der Waals surface area contributed by atoms with Gasteiger partial charge in [-0.25, -0.2) is 13.6 Å². The van der Waals surface area contributed by atoms with Crippen LogP contribution in [-0.4, -0.2) is 8.42 Å². The van der Waals surface area contributed by atoms with E-state index < -0.39 is 10.0 Å². The molecular weight excluding hydrogens is 366 g/mol. The van der Waals surface area contributed by atoms with Crippen LogP contribution in [0.15, 0.2) is 45.8 Å². The van der Waals surface area contributed by atoms with Crippen molar-refractivity contribution in [1.29, 1.82) is 0 Å². The first kappa shape index (κ1) is 15.3. The van der Waals surface area contributed by atoms with E-state index in [1.165, 1.54) is 18.2 Å². The number of hydrogen-bond acceptors (Lipinski definition) is 3. The average Bonchev–Trinajstić information content (AvgIpc) is 2.35. The van der Waals surface area contributed by atoms with Crippen LogP contribution in [0.2, 0.25) is 5.02 Å². The van der Waals surface area contributed by atoms with Gasteiger partial charge in [0.15, 0.2) is 0 Å². The van der Waals surface area contributed by atoms with Crippen molar-refractivity contribution >= 4 is 37.6 Å². The van der Waals surface area contributed by atoms with E-state index in [2.05, 4.69) is 15.9 Å². The molecule has 0 saturated carbocycles. The second-order valence-electron chi connectivity index (χ2n) is 4.15. The lowest BCUT2D eigenvalue weighted by Crippen LogP contribution is -2.11. The molecule has 0 fully saturated rings. The highest BCUT2D eigenvalue weighted by atomic mass is 79.9. The highest BCUT2D eigenvalue weighted by Crippen LogP contribution is 2.32. The van der Waals surface area contributed by atoms with E-state index in [4.69, 9.17) is 21.5 Å². The number of halogens is 2. The predicted octanol–water partition coefficient (Wildman–Crippen LogP) is 3.85. The van der Waals surface area contributed by atoms with E-state index in [-0.39, 0.29) is 4.90 Å². The molecule has 2 N–H and O–H groups in total. The Labute approximate surface area is 130 Å². The molecule has 2 aromatic carbocycles. The Morgan fingerprint density at radius 2 is 1.90 bits per heavy atom. The molecule has 0 aliphatic rings. The molecule has 0 aromatic heterocycles. The van der Waals surface area contributed by atoms with E-state index in [9.17, 15) is 8.42 Å². The third kappa shape index (κ3) is 3.52. The van der Waals surface area contributed by atoms with Gasteiger partial charge in [0.2, 0.25) is 10.0 Å². The Hall–Kier alpha value is -1.08. The van der Waals surface area contributed by atoms with Gasteiger partial charge in [0.1, 0.15) is 11.5 Å². The zero-order valence-electron chi connectivity index (χ0n) is 10.4. The van der Waals surface area contributed by atoms with Crippen molar-refractivity contribution in [2.24, 2.45) is 5.14 Å². The molecule has 0 bridgehead atoms. The Kier molecular flexibility index (Phi) is 4.39. The molecule has 0 spiro atoms. The summed E-state index contributed by atoms with van der Waals surface area (Å²) in [6.45, 7) is 1.87. The van der Waals surface area contributed by atoms with Crippen molar-refractivity contribution in [1.82, 2.24) is 0 Å². The summed E-state index contributed by atoms with van der Waals surface area (Å²) in [5.41, 5.74) is 0.890. The maximum Gasteiger partial charge on any atom is 0.238 e. The predicted molar refractivity (Wildman–Crippen MR) is 81.8 cm³/mol. The molecule has 0 aliphatic heterocycles. The second-order valence-corrected chi connectivity index (χ2v) is 6.97. The summed E-state index contributed by atoms with van der Waals surface area (Å²) in [6, 6.07) is 9.58. The van der Waals surface area contributed by atoms with Crippen molar-refractivity contribution in [2.45, 2.75) is 11.8 Å². The fraction of sp³-hybridized carbons (Fsp3) is 0.0769. The minimum absolute atomic E-state index is 0.0176. The Bertz CT molecular complexity index is 762. The van der Waals surface area contributed by atoms with Crippen LogP contribution in [-0.2, 0) is 10.0 Å². The monoisotopic (exact) mass is 375 g/mol. The van der Waals surface area contributed by atoms with E-state index in [0.29, 0.717) is 21.0 Å². The van der Waals surface area contributed by atoms with Crippen molar-refractivity contribution in [3.05, 3.63) is 51.5 Å². The summed E-state index contributed by atoms with van der Waals surface area (Å²) in [4.78, 5) is 0.0176. The van der Waals surface area contributed by atoms with E-state index in [1.54, 1.807) is 18.2 Å². The van der Waals surface area contributed by atoms with Crippen LogP contribution < -0.4 is 9.88 Å². The van der Waals surface area contributed by atoms with Crippen LogP contribution in [0.3, 0.4) is 0 Å². The van der Waals surface area contributed by atoms with Crippen LogP contribution in [0.4, 0.5) is 0 Å². The molecule has 20 heavy (non-hydrogen) atoms. The first-order valence-corrected chi connectivity index (χ1v) is 8.25. The van der Waals surface area contributed by atoms with Crippen molar-refractivity contribution in [2.75, 3.05) is 0 Å². The standard InChI is InChI=1S/C13H11BrClNO3S/c1-8-6-9(2-4-12(8)15)19-13-5-3-10(7-11(13)14)20(16,17)18/h2-7H,1H3,(H2,16,17,18). The van der Waals surface area contributed by atoms with Crippen LogP contribution >= 0.6 is 27.5 Å². The largest absolute Gasteiger partial charge is 0.456 e. The van der Waals surface area contributed by atoms with Gasteiger partial charge in [-0.15, -0.1) is 0 Å². The zero-order chi connectivity index (χ0) is 14.9. The normalized spacial score (nSPS) is 11.4. The van der Waals surface area contributed by atoms with Gasteiger partial charge < -0.3 is 4.74 Å². The highest BCUT2D eigenvalue weighted by Gasteiger charge is 2.11. The van der Waals surface area contributed by atoms with E-state index in [1.807, 2.05) is 6.92 Å². The molecule has 7 heteroatoms. The van der Waals surface area contributed by atoms with Crippen LogP contribution in [0.25, 0.3) is 0 Å². The summed E-state index contributed by atoms with van der Waals surface area (Å²) in [6.07, 6.45) is 0. The second kappa shape index (κ2) is 5.73. The lowest BCUT2D eigenvalue weighted by Gasteiger charge is -2.10. The Balaban J connectivity index is 2.32. The molecule has 2 aromatic rings. The summed E-state index contributed by atoms with van der Waals surface area (Å²) in [7, 11) is -3.73. The van der Waals surface area contributed by atoms with Crippen molar-refractivity contribution in [3.8, 4) is 11.5 Å². The molecular formula is C13H11BrClNO3S. The van der Waals surface area contributed by atoms with Gasteiger partial charge in [0.25, 0.3) is 0 Å². The number of hydrogen-bond donors (Lipinski definition) is 1. The summed E-state index contributed by atoms with van der Waals surface area (Å²) < 4.78 is 28.6. The number of ether oxygens (including phenoxy) is 1. The Morgan fingerprint density at radius 3 is 2.45 bits per heavy atom. The molecule has 0 atom stereocenters. The lowest BCUT2D eigenvalue weighted by molar-refractivity contribution is 0.478. The SMILES string of the molecule is Cc1cc(Oc2ccc(S(N)(=O)=O)cc2Br)ccc1Cl. The molecule has 106 valence electrons. The van der Waals surface area contributed by atoms with Gasteiger partial charge in [-0.1, -0.05) is 11.6 Å². The average molecular weight is 377 g/mol. The van der Waals surface area contributed by atoms with Crippen LogP contribution in [0, 0.1) is 6.92 Å². The number of nitrogens with two attached hydrogens (primary N) is 1. The molecule has 0 amide bonds. The number of aryl methyl sites for hydroxylation is 1. The van der Waals surface area contributed by atoms with E-state index in [0.717, 1.165) is 5.56 Å². The molecule has 0 aliphatic carbocycles. The van der Waals surface area contributed by atoms with Gasteiger partial charge in [-0.05, 0) is 64.8 Å². The highest BCUT2D eigenvalue weighted by molar-refractivity contribution is 9.10. The minimum Gasteiger partial charge on any atom is -0.456 e. The van der Waals surface area contributed by atoms with E-state index >= 15 is 0 Å². The molecule has 0 saturated heterocycles. The third-order valence-corrected chi connectivity index (χ3v) is 4.54. The fourth-order valence-electron chi connectivity index (χ4n) is 1.55. The molecule has 0 unspecified atom stereocenters. The summed E-state index contributed by atoms with van der Waals surface area (Å²) in [5, 5.41) is 5.71. The van der Waals surface area contributed by atoms with Gasteiger partial charge >= 0.3 is 0 Å². The van der Waals surface area contributed by atoms with Gasteiger partial charge in [-0.2, -0.15) is 0 Å². The first-order chi connectivity index (χ1) is 9.27. The molecule has 4 nitrogen and oxygen atoms in total. The number of primary sulfonamides is 1. The maximum atomic E-state index is 11.2. The van der Waals surface area contributed by atoms with Crippen LogP contribution in [0.5, 0.6) is 11.5 Å². The molecule has 0 heterocycles. The minimum atomic E-state index is -3.73. The quantitative estimate of drug-likeness (QED) is 0.884. The topological polar surface area (TPSA) is 69.4 Å². The van der Waals surface area contributed by atoms with Crippen molar-refractivity contribution in [3.63, 3.8) is 0 Å². The smallest absolute Gasteiger partial charge is 0.238 e. The van der Waals surface area contributed by atoms with Gasteiger partial charge in [0.05, 0.1) is 9.37 Å². The molecule has 0 radical (unpaired) electrons. The first-order valence-electron chi connectivity index (χ1n) is 5.54. The fourth-order valence-corrected chi connectivity index (χ4v) is 2.82. The summed E-state index contributed by atoms with van der Waals surface area (Å²) >= 11 is 9.20. The number of rotatable bonds is 3. The summed E-state index contributed by atoms with van der Waals surface area (Å²) in [5.74, 6) is 1.09. The van der Waals surface area contributed by atoms with Gasteiger partial charge in [0, 0.05) is 5.02 Å². The lowest BCUT2D eigenvalue weighted by atomic mass is 10.2. The third-order valence-electron chi connectivity index (χ3n) is 2.59. The van der Waals surface area contributed by atoms with Crippen LogP contribution in [0.1, 0.15) is 5.56 Å². The van der Waals surface area contributed by atoms with Crippen molar-refractivity contribution < 1.29 is 13.2 Å². The number of sulfonamides is 1.